The minimum atomic E-state index is -2.10. The van der Waals surface area contributed by atoms with Gasteiger partial charge in [0.1, 0.15) is 11.7 Å². The van der Waals surface area contributed by atoms with Gasteiger partial charge in [-0.3, -0.25) is 0 Å². The van der Waals surface area contributed by atoms with Crippen molar-refractivity contribution in [2.75, 3.05) is 0 Å². The van der Waals surface area contributed by atoms with Crippen molar-refractivity contribution in [2.24, 2.45) is 5.92 Å². The van der Waals surface area contributed by atoms with Gasteiger partial charge in [0.05, 0.1) is 0 Å². The second kappa shape index (κ2) is 8.67. The van der Waals surface area contributed by atoms with E-state index in [4.69, 9.17) is 13.9 Å². The van der Waals surface area contributed by atoms with E-state index in [-0.39, 0.29) is 11.0 Å². The molecule has 0 saturated heterocycles. The van der Waals surface area contributed by atoms with Gasteiger partial charge in [0.2, 0.25) is 6.10 Å². The van der Waals surface area contributed by atoms with Gasteiger partial charge in [-0.05, 0) is 52.2 Å². The summed E-state index contributed by atoms with van der Waals surface area (Å²) in [5, 5.41) is -0.0111. The summed E-state index contributed by atoms with van der Waals surface area (Å²) in [6, 6.07) is 0. The van der Waals surface area contributed by atoms with Crippen molar-refractivity contribution in [1.82, 2.24) is 0 Å². The van der Waals surface area contributed by atoms with Crippen molar-refractivity contribution >= 4 is 20.3 Å². The van der Waals surface area contributed by atoms with E-state index in [2.05, 4.69) is 33.9 Å². The first-order chi connectivity index (χ1) is 11.0. The molecule has 0 aromatic rings. The Labute approximate surface area is 154 Å². The molecule has 0 aliphatic carbocycles. The van der Waals surface area contributed by atoms with Crippen molar-refractivity contribution in [3.63, 3.8) is 0 Å². The second-order valence-corrected chi connectivity index (χ2v) is 14.1. The van der Waals surface area contributed by atoms with Gasteiger partial charge in [0, 0.05) is 5.92 Å². The first-order valence-corrected chi connectivity index (χ1v) is 12.0. The predicted octanol–water partition coefficient (Wildman–Crippen LogP) is 4.70. The fourth-order valence-corrected chi connectivity index (χ4v) is 3.19. The maximum Gasteiger partial charge on any atom is 0.348 e. The molecule has 0 aromatic heterocycles. The van der Waals surface area contributed by atoms with E-state index in [0.717, 1.165) is 0 Å². The van der Waals surface area contributed by atoms with E-state index in [1.54, 1.807) is 27.7 Å². The van der Waals surface area contributed by atoms with E-state index >= 15 is 0 Å². The maximum atomic E-state index is 12.5. The molecule has 148 valence electrons. The van der Waals surface area contributed by atoms with Gasteiger partial charge in [-0.2, -0.15) is 0 Å². The average molecular weight is 375 g/mol. The minimum Gasteiger partial charge on any atom is -0.457 e. The van der Waals surface area contributed by atoms with E-state index in [1.165, 1.54) is 0 Å². The molecule has 0 aliphatic rings. The molecule has 3 atom stereocenters. The van der Waals surface area contributed by atoms with Gasteiger partial charge < -0.3 is 13.9 Å². The topological polar surface area (TPSA) is 61.8 Å². The number of ether oxygens (including phenoxy) is 2. The average Bonchev–Trinajstić information content (AvgIpc) is 2.39. The molecule has 0 saturated carbocycles. The van der Waals surface area contributed by atoms with Crippen LogP contribution in [0, 0.1) is 5.92 Å². The van der Waals surface area contributed by atoms with Crippen LogP contribution in [0.5, 0.6) is 0 Å². The van der Waals surface area contributed by atoms with Crippen molar-refractivity contribution in [1.29, 1.82) is 0 Å². The molecular formula is C19H38O5Si. The Balaban J connectivity index is 5.12. The van der Waals surface area contributed by atoms with Crippen LogP contribution in [0.3, 0.4) is 0 Å². The molecule has 5 nitrogen and oxygen atoms in total. The molecule has 25 heavy (non-hydrogen) atoms. The molecule has 0 amide bonds. The molecule has 3 unspecified atom stereocenters. The molecule has 0 heterocycles. The normalized spacial score (nSPS) is 16.8. The number of carbonyl (C=O) groups excluding carboxylic acids is 2. The standard InChI is InChI=1S/C19H38O5Si/c1-12-13(2)15(17(21)23-18(4,5)6)22-16(20)14(3)24-25(10,11)19(7,8)9/h13-15H,12H2,1-11H3. The fourth-order valence-electron chi connectivity index (χ4n) is 1.86. The fraction of sp³-hybridized carbons (Fsp3) is 0.895. The molecule has 0 aromatic carbocycles. The van der Waals surface area contributed by atoms with Gasteiger partial charge in [0.25, 0.3) is 0 Å². The Hall–Kier alpha value is -0.883. The van der Waals surface area contributed by atoms with E-state index < -0.39 is 38.1 Å². The Bertz CT molecular complexity index is 459. The monoisotopic (exact) mass is 374 g/mol. The van der Waals surface area contributed by atoms with Gasteiger partial charge in [-0.1, -0.05) is 34.6 Å². The van der Waals surface area contributed by atoms with Gasteiger partial charge in [-0.25, -0.2) is 9.59 Å². The highest BCUT2D eigenvalue weighted by Crippen LogP contribution is 2.37. The highest BCUT2D eigenvalue weighted by molar-refractivity contribution is 6.74. The third-order valence-corrected chi connectivity index (χ3v) is 9.21. The lowest BCUT2D eigenvalue weighted by Crippen LogP contribution is -2.47. The lowest BCUT2D eigenvalue weighted by atomic mass is 10.0. The Morgan fingerprint density at radius 1 is 0.960 bits per heavy atom. The minimum absolute atomic E-state index is 0.0111. The Morgan fingerprint density at radius 2 is 1.44 bits per heavy atom. The molecular weight excluding hydrogens is 336 g/mol. The lowest BCUT2D eigenvalue weighted by Gasteiger charge is -2.38. The summed E-state index contributed by atoms with van der Waals surface area (Å²) in [4.78, 5) is 24.9. The van der Waals surface area contributed by atoms with Crippen LogP contribution in [0.2, 0.25) is 18.1 Å². The molecule has 0 aliphatic heterocycles. The van der Waals surface area contributed by atoms with Gasteiger partial charge in [-0.15, -0.1) is 0 Å². The highest BCUT2D eigenvalue weighted by Gasteiger charge is 2.41. The quantitative estimate of drug-likeness (QED) is 0.477. The summed E-state index contributed by atoms with van der Waals surface area (Å²) in [5.74, 6) is -1.14. The summed E-state index contributed by atoms with van der Waals surface area (Å²) in [7, 11) is -2.10. The zero-order valence-electron chi connectivity index (χ0n) is 18.0. The van der Waals surface area contributed by atoms with Crippen LogP contribution in [0.15, 0.2) is 0 Å². The van der Waals surface area contributed by atoms with Gasteiger partial charge >= 0.3 is 11.9 Å². The van der Waals surface area contributed by atoms with Gasteiger partial charge in [0.15, 0.2) is 8.32 Å². The molecule has 0 radical (unpaired) electrons. The number of carbonyl (C=O) groups is 2. The third kappa shape index (κ3) is 7.90. The van der Waals surface area contributed by atoms with Crippen LogP contribution in [0.1, 0.15) is 68.7 Å². The van der Waals surface area contributed by atoms with Crippen molar-refractivity contribution in [2.45, 2.75) is 105 Å². The summed E-state index contributed by atoms with van der Waals surface area (Å²) < 4.78 is 17.0. The van der Waals surface area contributed by atoms with E-state index in [1.807, 2.05) is 13.8 Å². The maximum absolute atomic E-state index is 12.5. The van der Waals surface area contributed by atoms with Crippen LogP contribution in [-0.4, -0.2) is 38.1 Å². The summed E-state index contributed by atoms with van der Waals surface area (Å²) in [6.45, 7) is 21.4. The Morgan fingerprint density at radius 3 is 1.80 bits per heavy atom. The van der Waals surface area contributed by atoms with Crippen molar-refractivity contribution < 1.29 is 23.5 Å². The number of hydrogen-bond donors (Lipinski definition) is 0. The molecule has 0 bridgehead atoms. The lowest BCUT2D eigenvalue weighted by molar-refractivity contribution is -0.182. The predicted molar refractivity (Wildman–Crippen MR) is 103 cm³/mol. The van der Waals surface area contributed by atoms with Crippen LogP contribution in [0.4, 0.5) is 0 Å². The Kier molecular flexibility index (Phi) is 8.36. The largest absolute Gasteiger partial charge is 0.457 e. The van der Waals surface area contributed by atoms with E-state index in [0.29, 0.717) is 6.42 Å². The van der Waals surface area contributed by atoms with Crippen LogP contribution in [-0.2, 0) is 23.5 Å². The molecule has 0 fully saturated rings. The first kappa shape index (κ1) is 24.1. The summed E-state index contributed by atoms with van der Waals surface area (Å²) in [5.41, 5.74) is -0.627. The zero-order chi connectivity index (χ0) is 20.2. The number of hydrogen-bond acceptors (Lipinski definition) is 5. The number of rotatable bonds is 7. The second-order valence-electron chi connectivity index (χ2n) is 9.30. The first-order valence-electron chi connectivity index (χ1n) is 9.13. The molecule has 0 rings (SSSR count). The van der Waals surface area contributed by atoms with E-state index in [9.17, 15) is 9.59 Å². The van der Waals surface area contributed by atoms with Crippen LogP contribution >= 0.6 is 0 Å². The third-order valence-electron chi connectivity index (χ3n) is 4.65. The number of esters is 2. The van der Waals surface area contributed by atoms with Crippen molar-refractivity contribution in [3.8, 4) is 0 Å². The SMILES string of the molecule is CCC(C)C(OC(=O)C(C)O[Si](C)(C)C(C)(C)C)C(=O)OC(C)(C)C. The molecule has 0 spiro atoms. The summed E-state index contributed by atoms with van der Waals surface area (Å²) >= 11 is 0. The van der Waals surface area contributed by atoms with Crippen LogP contribution < -0.4 is 0 Å². The molecule has 0 N–H and O–H groups in total. The smallest absolute Gasteiger partial charge is 0.348 e. The van der Waals surface area contributed by atoms with Crippen LogP contribution in [0.25, 0.3) is 0 Å². The zero-order valence-corrected chi connectivity index (χ0v) is 19.0. The highest BCUT2D eigenvalue weighted by atomic mass is 28.4. The molecule has 6 heteroatoms. The summed E-state index contributed by atoms with van der Waals surface area (Å²) in [6.07, 6.45) is -0.925. The van der Waals surface area contributed by atoms with Crippen molar-refractivity contribution in [3.05, 3.63) is 0 Å².